The summed E-state index contributed by atoms with van der Waals surface area (Å²) in [5.74, 6) is -1.94. The third-order valence-electron chi connectivity index (χ3n) is 7.53. The Kier molecular flexibility index (Phi) is 11.3. The Morgan fingerprint density at radius 1 is 1.07 bits per heavy atom. The van der Waals surface area contributed by atoms with Gasteiger partial charge in [-0.15, -0.1) is 0 Å². The first-order valence-corrected chi connectivity index (χ1v) is 15.4. The van der Waals surface area contributed by atoms with Gasteiger partial charge in [0.25, 0.3) is 5.91 Å². The number of amides is 4. The van der Waals surface area contributed by atoms with E-state index in [0.29, 0.717) is 38.9 Å². The lowest BCUT2D eigenvalue weighted by Crippen LogP contribution is -2.45. The van der Waals surface area contributed by atoms with Gasteiger partial charge in [0.1, 0.15) is 17.2 Å². The van der Waals surface area contributed by atoms with Gasteiger partial charge in [-0.3, -0.25) is 19.3 Å². The lowest BCUT2D eigenvalue weighted by Gasteiger charge is -2.24. The number of carbonyl (C=O) groups is 4. The van der Waals surface area contributed by atoms with E-state index in [0.717, 1.165) is 24.5 Å². The van der Waals surface area contributed by atoms with Crippen LogP contribution in [0.4, 0.5) is 25.2 Å². The van der Waals surface area contributed by atoms with Crippen LogP contribution in [-0.4, -0.2) is 78.1 Å². The number of pyridine rings is 1. The fraction of sp³-hybridized carbons (Fsp3) is 0.531. The Labute approximate surface area is 262 Å². The lowest BCUT2D eigenvalue weighted by atomic mass is 10.1. The second-order valence-electron chi connectivity index (χ2n) is 12.3. The summed E-state index contributed by atoms with van der Waals surface area (Å²) in [6.45, 7) is 7.08. The molecule has 0 radical (unpaired) electrons. The third-order valence-corrected chi connectivity index (χ3v) is 7.53. The summed E-state index contributed by atoms with van der Waals surface area (Å²) >= 11 is 0. The molecular weight excluding hydrogens is 586 g/mol. The van der Waals surface area contributed by atoms with E-state index in [4.69, 9.17) is 4.74 Å². The standard InChI is InChI=1S/C32H42F2N6O5/c1-32(2,3)45-31(44)36-14-7-10-26(41)40-23(11-12-27(40)42)20-37-30(43)24-19-25(34)29(39-16-4-5-17-39)38-28(24)35-15-13-21-8-6-9-22(33)18-21/h6,8-9,18-19,23H,4-5,7,10-17,20H2,1-3H3,(H,35,38)(H,36,44)(H,37,43)/t23-/m1/s1. The first-order valence-electron chi connectivity index (χ1n) is 15.4. The number of carbonyl (C=O) groups excluding carboxylic acids is 4. The monoisotopic (exact) mass is 628 g/mol. The van der Waals surface area contributed by atoms with Crippen molar-refractivity contribution in [1.82, 2.24) is 20.5 Å². The first kappa shape index (κ1) is 33.6. The van der Waals surface area contributed by atoms with Crippen LogP contribution in [0.3, 0.4) is 0 Å². The van der Waals surface area contributed by atoms with Crippen LogP contribution in [-0.2, 0) is 20.7 Å². The van der Waals surface area contributed by atoms with E-state index >= 15 is 4.39 Å². The van der Waals surface area contributed by atoms with Gasteiger partial charge in [0.05, 0.1) is 11.6 Å². The summed E-state index contributed by atoms with van der Waals surface area (Å²) in [5.41, 5.74) is 0.105. The van der Waals surface area contributed by atoms with Crippen LogP contribution in [0.2, 0.25) is 0 Å². The number of anilines is 2. The highest BCUT2D eigenvalue weighted by molar-refractivity contribution is 6.00. The third kappa shape index (κ3) is 9.60. The number of nitrogens with one attached hydrogen (secondary N) is 3. The van der Waals surface area contributed by atoms with E-state index < -0.39 is 35.4 Å². The van der Waals surface area contributed by atoms with Gasteiger partial charge in [0, 0.05) is 45.6 Å². The van der Waals surface area contributed by atoms with Crippen LogP contribution in [0.5, 0.6) is 0 Å². The van der Waals surface area contributed by atoms with Crippen LogP contribution in [0.25, 0.3) is 0 Å². The highest BCUT2D eigenvalue weighted by atomic mass is 19.1. The molecule has 2 aliphatic rings. The second kappa shape index (κ2) is 15.1. The van der Waals surface area contributed by atoms with Crippen molar-refractivity contribution < 1.29 is 32.7 Å². The summed E-state index contributed by atoms with van der Waals surface area (Å²) in [7, 11) is 0. The molecule has 0 spiro atoms. The quantitative estimate of drug-likeness (QED) is 0.299. The highest BCUT2D eigenvalue weighted by Crippen LogP contribution is 2.27. The average Bonchev–Trinajstić information content (AvgIpc) is 3.63. The zero-order valence-electron chi connectivity index (χ0n) is 26.1. The van der Waals surface area contributed by atoms with Crippen molar-refractivity contribution in [2.24, 2.45) is 0 Å². The number of alkyl carbamates (subject to hydrolysis) is 1. The molecule has 1 aromatic carbocycles. The number of ether oxygens (including phenoxy) is 1. The zero-order valence-corrected chi connectivity index (χ0v) is 26.1. The Hall–Kier alpha value is -4.29. The van der Waals surface area contributed by atoms with Gasteiger partial charge in [0.2, 0.25) is 11.8 Å². The van der Waals surface area contributed by atoms with Crippen LogP contribution < -0.4 is 20.9 Å². The molecule has 0 bridgehead atoms. The minimum absolute atomic E-state index is 0.00916. The molecule has 2 aliphatic heterocycles. The molecule has 4 amide bonds. The lowest BCUT2D eigenvalue weighted by molar-refractivity contribution is -0.143. The van der Waals surface area contributed by atoms with Crippen molar-refractivity contribution >= 4 is 35.5 Å². The number of nitrogens with zero attached hydrogens (tertiary/aromatic N) is 3. The Morgan fingerprint density at radius 3 is 2.53 bits per heavy atom. The van der Waals surface area contributed by atoms with E-state index in [-0.39, 0.29) is 54.9 Å². The number of rotatable bonds is 12. The molecule has 1 aromatic heterocycles. The maximum absolute atomic E-state index is 15.2. The molecule has 3 heterocycles. The molecule has 2 fully saturated rings. The molecule has 2 saturated heterocycles. The fourth-order valence-corrected chi connectivity index (χ4v) is 5.41. The average molecular weight is 629 g/mol. The molecule has 4 rings (SSSR count). The minimum atomic E-state index is -0.642. The molecule has 1 atom stereocenters. The molecule has 11 nitrogen and oxygen atoms in total. The van der Waals surface area contributed by atoms with E-state index in [1.165, 1.54) is 17.0 Å². The van der Waals surface area contributed by atoms with Crippen LogP contribution in [0.15, 0.2) is 30.3 Å². The van der Waals surface area contributed by atoms with Gasteiger partial charge in [-0.1, -0.05) is 12.1 Å². The zero-order chi connectivity index (χ0) is 32.6. The maximum Gasteiger partial charge on any atom is 0.407 e. The van der Waals surface area contributed by atoms with Gasteiger partial charge in [0.15, 0.2) is 11.6 Å². The summed E-state index contributed by atoms with van der Waals surface area (Å²) in [6, 6.07) is 6.80. The van der Waals surface area contributed by atoms with Crippen molar-refractivity contribution in [3.63, 3.8) is 0 Å². The summed E-state index contributed by atoms with van der Waals surface area (Å²) in [5, 5.41) is 8.46. The Bertz CT molecular complexity index is 1390. The molecule has 2 aromatic rings. The van der Waals surface area contributed by atoms with Crippen LogP contribution in [0, 0.1) is 11.6 Å². The van der Waals surface area contributed by atoms with Crippen molar-refractivity contribution in [3.05, 3.63) is 53.1 Å². The number of halogens is 2. The topological polar surface area (TPSA) is 133 Å². The van der Waals surface area contributed by atoms with Crippen LogP contribution in [0.1, 0.15) is 75.2 Å². The Morgan fingerprint density at radius 2 is 1.82 bits per heavy atom. The van der Waals surface area contributed by atoms with E-state index in [9.17, 15) is 23.6 Å². The van der Waals surface area contributed by atoms with Crippen molar-refractivity contribution in [3.8, 4) is 0 Å². The molecule has 0 unspecified atom stereocenters. The number of likely N-dealkylation sites (tertiary alicyclic amines) is 1. The number of aromatic nitrogens is 1. The van der Waals surface area contributed by atoms with Gasteiger partial charge in [-0.2, -0.15) is 0 Å². The van der Waals surface area contributed by atoms with E-state index in [2.05, 4.69) is 20.9 Å². The SMILES string of the molecule is CC(C)(C)OC(=O)NCCCC(=O)N1C(=O)CC[C@@H]1CNC(=O)c1cc(F)c(N2CCCC2)nc1NCCc1cccc(F)c1. The van der Waals surface area contributed by atoms with Gasteiger partial charge in [-0.25, -0.2) is 18.6 Å². The highest BCUT2D eigenvalue weighted by Gasteiger charge is 2.35. The smallest absolute Gasteiger partial charge is 0.407 e. The van der Waals surface area contributed by atoms with Crippen molar-refractivity contribution in [2.75, 3.05) is 42.9 Å². The van der Waals surface area contributed by atoms with E-state index in [1.54, 1.807) is 32.9 Å². The molecule has 244 valence electrons. The van der Waals surface area contributed by atoms with Gasteiger partial charge >= 0.3 is 6.09 Å². The van der Waals surface area contributed by atoms with Crippen molar-refractivity contribution in [2.45, 2.75) is 77.4 Å². The molecule has 0 saturated carbocycles. The summed E-state index contributed by atoms with van der Waals surface area (Å²) < 4.78 is 34.0. The normalized spacial score (nSPS) is 16.6. The predicted octanol–water partition coefficient (Wildman–Crippen LogP) is 4.17. The molecule has 45 heavy (non-hydrogen) atoms. The molecule has 0 aliphatic carbocycles. The minimum Gasteiger partial charge on any atom is -0.444 e. The fourth-order valence-electron chi connectivity index (χ4n) is 5.41. The molecule has 3 N–H and O–H groups in total. The van der Waals surface area contributed by atoms with Crippen LogP contribution >= 0.6 is 0 Å². The first-order chi connectivity index (χ1) is 21.4. The summed E-state index contributed by atoms with van der Waals surface area (Å²) in [4.78, 5) is 58.2. The Balaban J connectivity index is 1.37. The number of imide groups is 1. The number of benzene rings is 1. The van der Waals surface area contributed by atoms with E-state index in [1.807, 2.05) is 4.90 Å². The van der Waals surface area contributed by atoms with Crippen molar-refractivity contribution in [1.29, 1.82) is 0 Å². The maximum atomic E-state index is 15.2. The second-order valence-corrected chi connectivity index (χ2v) is 12.3. The van der Waals surface area contributed by atoms with Gasteiger partial charge < -0.3 is 25.6 Å². The van der Waals surface area contributed by atoms with Gasteiger partial charge in [-0.05, 0) is 76.6 Å². The number of hydrogen-bond acceptors (Lipinski definition) is 8. The molecular formula is C32H42F2N6O5. The molecule has 13 heteroatoms. The predicted molar refractivity (Wildman–Crippen MR) is 165 cm³/mol. The largest absolute Gasteiger partial charge is 0.444 e. The summed E-state index contributed by atoms with van der Waals surface area (Å²) in [6.07, 6.45) is 2.57. The number of hydrogen-bond donors (Lipinski definition) is 3.